The monoisotopic (exact) mass is 304 g/mol. The lowest BCUT2D eigenvalue weighted by atomic mass is 9.90. The average molecular weight is 305 g/mol. The van der Waals surface area contributed by atoms with Crippen LogP contribution in [-0.4, -0.2) is 27.7 Å². The number of rotatable bonds is 5. The second-order valence-corrected chi connectivity index (χ2v) is 6.73. The normalized spacial score (nSPS) is 23.1. The van der Waals surface area contributed by atoms with Gasteiger partial charge in [-0.1, -0.05) is 11.6 Å². The van der Waals surface area contributed by atoms with Crippen LogP contribution < -0.4 is 10.5 Å². The van der Waals surface area contributed by atoms with Crippen LogP contribution in [0.5, 0.6) is 0 Å². The molecule has 2 rings (SSSR count). The zero-order chi connectivity index (χ0) is 14.0. The van der Waals surface area contributed by atoms with E-state index in [-0.39, 0.29) is 23.6 Å². The molecular weight excluding hydrogens is 288 g/mol. The van der Waals surface area contributed by atoms with Gasteiger partial charge in [-0.3, -0.25) is 0 Å². The Morgan fingerprint density at radius 3 is 2.74 bits per heavy atom. The van der Waals surface area contributed by atoms with E-state index in [0.29, 0.717) is 23.4 Å². The largest absolute Gasteiger partial charge is 0.381 e. The van der Waals surface area contributed by atoms with Gasteiger partial charge in [0.2, 0.25) is 10.0 Å². The Morgan fingerprint density at radius 2 is 2.16 bits per heavy atom. The minimum atomic E-state index is -3.52. The Bertz CT molecular complexity index is 556. The molecule has 0 bridgehead atoms. The quantitative estimate of drug-likeness (QED) is 0.858. The number of benzene rings is 1. The molecule has 1 saturated carbocycles. The molecule has 106 valence electrons. The van der Waals surface area contributed by atoms with Crippen molar-refractivity contribution in [2.75, 3.05) is 7.11 Å². The third-order valence-electron chi connectivity index (χ3n) is 3.30. The van der Waals surface area contributed by atoms with Gasteiger partial charge in [-0.15, -0.1) is 0 Å². The fraction of sp³-hybridized carbons (Fsp3) is 0.500. The lowest BCUT2D eigenvalue weighted by Crippen LogP contribution is -2.47. The molecule has 5 nitrogen and oxygen atoms in total. The van der Waals surface area contributed by atoms with Crippen LogP contribution in [0, 0.1) is 0 Å². The lowest BCUT2D eigenvalue weighted by molar-refractivity contribution is 0.0236. The molecule has 0 aromatic heterocycles. The number of nitrogens with two attached hydrogens (primary N) is 1. The van der Waals surface area contributed by atoms with Crippen LogP contribution >= 0.6 is 11.6 Å². The molecule has 1 aromatic carbocycles. The number of ether oxygens (including phenoxy) is 1. The summed E-state index contributed by atoms with van der Waals surface area (Å²) >= 11 is 5.92. The maximum Gasteiger partial charge on any atom is 0.240 e. The van der Waals surface area contributed by atoms with Crippen LogP contribution in [0.2, 0.25) is 5.02 Å². The number of nitrogens with one attached hydrogen (secondary N) is 1. The van der Waals surface area contributed by atoms with Crippen LogP contribution in [0.25, 0.3) is 0 Å². The second-order valence-electron chi connectivity index (χ2n) is 4.60. The highest BCUT2D eigenvalue weighted by Gasteiger charge is 2.32. The standard InChI is InChI=1S/C12H17ClN2O3S/c1-18-10-5-9(6-10)15-19(16,17)11-2-3-12(13)8(4-11)7-14/h2-4,9-10,15H,5-7,14H2,1H3. The van der Waals surface area contributed by atoms with E-state index in [9.17, 15) is 8.42 Å². The molecule has 0 radical (unpaired) electrons. The summed E-state index contributed by atoms with van der Waals surface area (Å²) in [4.78, 5) is 0.193. The van der Waals surface area contributed by atoms with E-state index in [1.54, 1.807) is 13.2 Å². The van der Waals surface area contributed by atoms with E-state index in [4.69, 9.17) is 22.1 Å². The fourth-order valence-corrected chi connectivity index (χ4v) is 3.52. The van der Waals surface area contributed by atoms with E-state index in [0.717, 1.165) is 0 Å². The van der Waals surface area contributed by atoms with Crippen LogP contribution in [0.4, 0.5) is 0 Å². The molecule has 0 aliphatic heterocycles. The smallest absolute Gasteiger partial charge is 0.240 e. The summed E-state index contributed by atoms with van der Waals surface area (Å²) in [6.07, 6.45) is 1.55. The maximum absolute atomic E-state index is 12.2. The fourth-order valence-electron chi connectivity index (χ4n) is 2.02. The zero-order valence-electron chi connectivity index (χ0n) is 10.6. The predicted octanol–water partition coefficient (Wildman–Crippen LogP) is 1.25. The van der Waals surface area contributed by atoms with E-state index in [1.807, 2.05) is 0 Å². The molecule has 1 aliphatic carbocycles. The van der Waals surface area contributed by atoms with E-state index in [1.165, 1.54) is 12.1 Å². The molecule has 0 spiro atoms. The third kappa shape index (κ3) is 3.27. The number of methoxy groups -OCH3 is 1. The first kappa shape index (κ1) is 14.7. The lowest BCUT2D eigenvalue weighted by Gasteiger charge is -2.34. The molecule has 0 heterocycles. The van der Waals surface area contributed by atoms with Gasteiger partial charge in [-0.2, -0.15) is 0 Å². The van der Waals surface area contributed by atoms with Crippen molar-refractivity contribution in [3.05, 3.63) is 28.8 Å². The van der Waals surface area contributed by atoms with Crippen molar-refractivity contribution >= 4 is 21.6 Å². The first-order chi connectivity index (χ1) is 8.96. The van der Waals surface area contributed by atoms with Crippen LogP contribution in [0.3, 0.4) is 0 Å². The average Bonchev–Trinajstić information content (AvgIpc) is 2.33. The van der Waals surface area contributed by atoms with Crippen LogP contribution in [0.15, 0.2) is 23.1 Å². The first-order valence-corrected chi connectivity index (χ1v) is 7.86. The van der Waals surface area contributed by atoms with E-state index in [2.05, 4.69) is 4.72 Å². The van der Waals surface area contributed by atoms with Crippen molar-refractivity contribution in [2.24, 2.45) is 5.73 Å². The SMILES string of the molecule is COC1CC(NS(=O)(=O)c2ccc(Cl)c(CN)c2)C1. The van der Waals surface area contributed by atoms with Gasteiger partial charge in [0.25, 0.3) is 0 Å². The van der Waals surface area contributed by atoms with Gasteiger partial charge in [-0.05, 0) is 36.6 Å². The molecule has 1 aliphatic rings. The Kier molecular flexibility index (Phi) is 4.47. The summed E-state index contributed by atoms with van der Waals surface area (Å²) in [5.74, 6) is 0. The van der Waals surface area contributed by atoms with Gasteiger partial charge in [-0.25, -0.2) is 13.1 Å². The van der Waals surface area contributed by atoms with E-state index < -0.39 is 10.0 Å². The molecule has 0 saturated heterocycles. The van der Waals surface area contributed by atoms with Gasteiger partial charge in [0.05, 0.1) is 11.0 Å². The second kappa shape index (κ2) is 5.76. The molecule has 1 aromatic rings. The summed E-state index contributed by atoms with van der Waals surface area (Å²) in [6, 6.07) is 4.48. The topological polar surface area (TPSA) is 81.4 Å². The van der Waals surface area contributed by atoms with Crippen molar-refractivity contribution in [1.29, 1.82) is 0 Å². The zero-order valence-corrected chi connectivity index (χ0v) is 12.2. The molecular formula is C12H17ClN2O3S. The highest BCUT2D eigenvalue weighted by molar-refractivity contribution is 7.89. The third-order valence-corrected chi connectivity index (χ3v) is 5.18. The van der Waals surface area contributed by atoms with Crippen LogP contribution in [0.1, 0.15) is 18.4 Å². The molecule has 19 heavy (non-hydrogen) atoms. The van der Waals surface area contributed by atoms with Gasteiger partial charge in [0, 0.05) is 24.7 Å². The summed E-state index contributed by atoms with van der Waals surface area (Å²) in [5.41, 5.74) is 6.14. The maximum atomic E-state index is 12.2. The molecule has 0 atom stereocenters. The number of hydrogen-bond acceptors (Lipinski definition) is 4. The number of halogens is 1. The Labute approximate surface area is 118 Å². The van der Waals surface area contributed by atoms with Crippen molar-refractivity contribution in [3.8, 4) is 0 Å². The molecule has 7 heteroatoms. The number of sulfonamides is 1. The van der Waals surface area contributed by atoms with Crippen LogP contribution in [-0.2, 0) is 21.3 Å². The molecule has 1 fully saturated rings. The van der Waals surface area contributed by atoms with Crippen molar-refractivity contribution in [3.63, 3.8) is 0 Å². The minimum absolute atomic E-state index is 0.0630. The van der Waals surface area contributed by atoms with Crippen molar-refractivity contribution < 1.29 is 13.2 Å². The van der Waals surface area contributed by atoms with Crippen molar-refractivity contribution in [1.82, 2.24) is 4.72 Å². The highest BCUT2D eigenvalue weighted by atomic mass is 35.5. The first-order valence-electron chi connectivity index (χ1n) is 6.00. The predicted molar refractivity (Wildman–Crippen MR) is 73.5 cm³/mol. The molecule has 3 N–H and O–H groups in total. The molecule has 0 amide bonds. The molecule has 0 unspecified atom stereocenters. The summed E-state index contributed by atoms with van der Waals surface area (Å²) < 4.78 is 32.1. The van der Waals surface area contributed by atoms with Gasteiger partial charge in [0.1, 0.15) is 0 Å². The highest BCUT2D eigenvalue weighted by Crippen LogP contribution is 2.25. The Hall–Kier alpha value is -0.660. The van der Waals surface area contributed by atoms with Crippen molar-refractivity contribution in [2.45, 2.75) is 36.4 Å². The Balaban J connectivity index is 2.11. The summed E-state index contributed by atoms with van der Waals surface area (Å²) in [6.45, 7) is 0.206. The Morgan fingerprint density at radius 1 is 1.47 bits per heavy atom. The number of hydrogen-bond donors (Lipinski definition) is 2. The minimum Gasteiger partial charge on any atom is -0.381 e. The van der Waals surface area contributed by atoms with Gasteiger partial charge in [0.15, 0.2) is 0 Å². The van der Waals surface area contributed by atoms with E-state index >= 15 is 0 Å². The summed E-state index contributed by atoms with van der Waals surface area (Å²) in [5, 5.41) is 0.476. The summed E-state index contributed by atoms with van der Waals surface area (Å²) in [7, 11) is -1.89. The van der Waals surface area contributed by atoms with Gasteiger partial charge >= 0.3 is 0 Å². The van der Waals surface area contributed by atoms with Gasteiger partial charge < -0.3 is 10.5 Å².